The van der Waals surface area contributed by atoms with E-state index >= 15 is 0 Å². The summed E-state index contributed by atoms with van der Waals surface area (Å²) in [6.07, 6.45) is -0.305. The van der Waals surface area contributed by atoms with E-state index in [9.17, 15) is 13.6 Å². The van der Waals surface area contributed by atoms with Gasteiger partial charge in [0.1, 0.15) is 0 Å². The van der Waals surface area contributed by atoms with Gasteiger partial charge in [0, 0.05) is 13.0 Å². The van der Waals surface area contributed by atoms with Crippen LogP contribution < -0.4 is 11.1 Å². The van der Waals surface area contributed by atoms with Gasteiger partial charge in [-0.1, -0.05) is 0 Å². The summed E-state index contributed by atoms with van der Waals surface area (Å²) < 4.78 is 25.0. The average molecular weight is 150 g/mol. The molecule has 3 N–H and O–H groups in total. The van der Waals surface area contributed by atoms with E-state index in [4.69, 9.17) is 5.73 Å². The van der Waals surface area contributed by atoms with Crippen molar-refractivity contribution in [2.45, 2.75) is 18.4 Å². The van der Waals surface area contributed by atoms with E-state index < -0.39 is 17.9 Å². The van der Waals surface area contributed by atoms with Gasteiger partial charge in [0.2, 0.25) is 5.91 Å². The van der Waals surface area contributed by atoms with Gasteiger partial charge >= 0.3 is 0 Å². The molecule has 0 saturated carbocycles. The Morgan fingerprint density at radius 1 is 1.70 bits per heavy atom. The number of amides is 1. The number of carbonyl (C=O) groups excluding carboxylic acids is 1. The minimum atomic E-state index is -2.95. The van der Waals surface area contributed by atoms with E-state index in [1.54, 1.807) is 0 Å². The molecular weight excluding hydrogens is 142 g/mol. The number of primary amides is 1. The summed E-state index contributed by atoms with van der Waals surface area (Å²) in [6.45, 7) is 0.153. The molecule has 0 radical (unpaired) electrons. The second-order valence-corrected chi connectivity index (χ2v) is 2.30. The smallest absolute Gasteiger partial charge is 0.273 e. The van der Waals surface area contributed by atoms with Crippen LogP contribution in [0.15, 0.2) is 0 Å². The first kappa shape index (κ1) is 7.40. The number of carbonyl (C=O) groups is 1. The molecule has 58 valence electrons. The summed E-state index contributed by atoms with van der Waals surface area (Å²) >= 11 is 0. The molecule has 0 aromatic carbocycles. The summed E-state index contributed by atoms with van der Waals surface area (Å²) in [6, 6.07) is -1.47. The molecule has 0 aromatic heterocycles. The Kier molecular flexibility index (Phi) is 1.60. The van der Waals surface area contributed by atoms with Crippen LogP contribution in [0.3, 0.4) is 0 Å². The van der Waals surface area contributed by atoms with E-state index in [1.807, 2.05) is 0 Å². The fourth-order valence-electron chi connectivity index (χ4n) is 0.986. The highest BCUT2D eigenvalue weighted by Gasteiger charge is 2.47. The van der Waals surface area contributed by atoms with Gasteiger partial charge in [0.15, 0.2) is 6.04 Å². The van der Waals surface area contributed by atoms with Gasteiger partial charge in [0.25, 0.3) is 5.92 Å². The van der Waals surface area contributed by atoms with Crippen molar-refractivity contribution in [3.8, 4) is 0 Å². The summed E-state index contributed by atoms with van der Waals surface area (Å²) in [4.78, 5) is 10.3. The van der Waals surface area contributed by atoms with Crippen molar-refractivity contribution >= 4 is 5.91 Å². The molecule has 1 aliphatic heterocycles. The Labute approximate surface area is 56.6 Å². The Morgan fingerprint density at radius 3 is 2.50 bits per heavy atom. The van der Waals surface area contributed by atoms with Crippen LogP contribution in [0.5, 0.6) is 0 Å². The van der Waals surface area contributed by atoms with Gasteiger partial charge in [-0.2, -0.15) is 0 Å². The maximum atomic E-state index is 12.5. The molecule has 0 aliphatic carbocycles. The van der Waals surface area contributed by atoms with Crippen molar-refractivity contribution in [3.05, 3.63) is 0 Å². The Balaban J connectivity index is 2.68. The molecular formula is C5H8F2N2O. The minimum absolute atomic E-state index is 0.153. The second-order valence-electron chi connectivity index (χ2n) is 2.30. The maximum absolute atomic E-state index is 12.5. The summed E-state index contributed by atoms with van der Waals surface area (Å²) in [5.74, 6) is -3.94. The van der Waals surface area contributed by atoms with E-state index in [0.29, 0.717) is 0 Å². The normalized spacial score (nSPS) is 30.4. The Hall–Kier alpha value is -0.710. The van der Waals surface area contributed by atoms with Crippen LogP contribution in [0, 0.1) is 0 Å². The highest BCUT2D eigenvalue weighted by Crippen LogP contribution is 2.26. The lowest BCUT2D eigenvalue weighted by atomic mass is 10.1. The largest absolute Gasteiger partial charge is 0.368 e. The van der Waals surface area contributed by atoms with Crippen LogP contribution in [-0.2, 0) is 4.79 Å². The molecule has 1 rings (SSSR count). The predicted molar refractivity (Wildman–Crippen MR) is 30.5 cm³/mol. The first-order chi connectivity index (χ1) is 4.54. The van der Waals surface area contributed by atoms with Crippen LogP contribution >= 0.6 is 0 Å². The average Bonchev–Trinajstić information content (AvgIpc) is 2.08. The fraction of sp³-hybridized carbons (Fsp3) is 0.800. The summed E-state index contributed by atoms with van der Waals surface area (Å²) in [5, 5.41) is 2.32. The van der Waals surface area contributed by atoms with Gasteiger partial charge in [0.05, 0.1) is 0 Å². The molecule has 1 fully saturated rings. The third kappa shape index (κ3) is 1.09. The van der Waals surface area contributed by atoms with Crippen molar-refractivity contribution in [2.24, 2.45) is 5.73 Å². The first-order valence-corrected chi connectivity index (χ1v) is 2.94. The number of rotatable bonds is 1. The standard InChI is InChI=1S/C5H8F2N2O/c6-5(7)1-2-9-3(5)4(8)10/h3,9H,1-2H2,(H2,8,10). The highest BCUT2D eigenvalue weighted by atomic mass is 19.3. The van der Waals surface area contributed by atoms with E-state index in [2.05, 4.69) is 5.32 Å². The lowest BCUT2D eigenvalue weighted by Gasteiger charge is -2.14. The van der Waals surface area contributed by atoms with Crippen LogP contribution in [0.4, 0.5) is 8.78 Å². The zero-order valence-electron chi connectivity index (χ0n) is 5.23. The molecule has 5 heteroatoms. The number of nitrogens with one attached hydrogen (secondary N) is 1. The van der Waals surface area contributed by atoms with Crippen LogP contribution in [0.1, 0.15) is 6.42 Å². The van der Waals surface area contributed by atoms with Crippen molar-refractivity contribution in [1.29, 1.82) is 0 Å². The van der Waals surface area contributed by atoms with E-state index in [0.717, 1.165) is 0 Å². The van der Waals surface area contributed by atoms with E-state index in [1.165, 1.54) is 0 Å². The maximum Gasteiger partial charge on any atom is 0.273 e. The number of alkyl halides is 2. The SMILES string of the molecule is NC(=O)C1NCCC1(F)F. The molecule has 10 heavy (non-hydrogen) atoms. The lowest BCUT2D eigenvalue weighted by molar-refractivity contribution is -0.127. The van der Waals surface area contributed by atoms with Gasteiger partial charge in [-0.25, -0.2) is 8.78 Å². The molecule has 0 bridgehead atoms. The van der Waals surface area contributed by atoms with Crippen molar-refractivity contribution in [3.63, 3.8) is 0 Å². The Bertz CT molecular complexity index is 160. The lowest BCUT2D eigenvalue weighted by Crippen LogP contribution is -2.46. The molecule has 0 spiro atoms. The zero-order valence-corrected chi connectivity index (χ0v) is 5.23. The Morgan fingerprint density at radius 2 is 2.30 bits per heavy atom. The number of nitrogens with two attached hydrogens (primary N) is 1. The van der Waals surface area contributed by atoms with Crippen LogP contribution in [0.25, 0.3) is 0 Å². The second kappa shape index (κ2) is 2.16. The molecule has 0 aromatic rings. The number of hydrogen-bond donors (Lipinski definition) is 2. The molecule has 1 saturated heterocycles. The molecule has 1 atom stereocenters. The monoisotopic (exact) mass is 150 g/mol. The number of halogens is 2. The minimum Gasteiger partial charge on any atom is -0.368 e. The van der Waals surface area contributed by atoms with Crippen LogP contribution in [-0.4, -0.2) is 24.4 Å². The third-order valence-corrected chi connectivity index (χ3v) is 1.51. The highest BCUT2D eigenvalue weighted by molar-refractivity contribution is 5.81. The zero-order chi connectivity index (χ0) is 7.78. The molecule has 3 nitrogen and oxygen atoms in total. The van der Waals surface area contributed by atoms with Crippen LogP contribution in [0.2, 0.25) is 0 Å². The van der Waals surface area contributed by atoms with E-state index in [-0.39, 0.29) is 13.0 Å². The summed E-state index contributed by atoms with van der Waals surface area (Å²) in [7, 11) is 0. The number of hydrogen-bond acceptors (Lipinski definition) is 2. The van der Waals surface area contributed by atoms with Gasteiger partial charge in [-0.05, 0) is 0 Å². The molecule has 1 heterocycles. The predicted octanol–water partition coefficient (Wildman–Crippen LogP) is -0.531. The van der Waals surface area contributed by atoms with Gasteiger partial charge in [-0.15, -0.1) is 0 Å². The van der Waals surface area contributed by atoms with Gasteiger partial charge in [-0.3, -0.25) is 4.79 Å². The first-order valence-electron chi connectivity index (χ1n) is 2.94. The molecule has 1 unspecified atom stereocenters. The van der Waals surface area contributed by atoms with Crippen molar-refractivity contribution < 1.29 is 13.6 Å². The molecule has 1 aliphatic rings. The fourth-order valence-corrected chi connectivity index (χ4v) is 0.986. The van der Waals surface area contributed by atoms with Gasteiger partial charge < -0.3 is 11.1 Å². The van der Waals surface area contributed by atoms with Crippen molar-refractivity contribution in [1.82, 2.24) is 5.32 Å². The molecule has 1 amide bonds. The topological polar surface area (TPSA) is 55.1 Å². The summed E-state index contributed by atoms with van der Waals surface area (Å²) in [5.41, 5.74) is 4.69. The van der Waals surface area contributed by atoms with Crippen molar-refractivity contribution in [2.75, 3.05) is 6.54 Å². The third-order valence-electron chi connectivity index (χ3n) is 1.51. The quantitative estimate of drug-likeness (QED) is 0.528.